The maximum Gasteiger partial charge on any atom is 0.308 e. The third-order valence-corrected chi connectivity index (χ3v) is 6.91. The Balaban J connectivity index is 1.89. The van der Waals surface area contributed by atoms with E-state index in [4.69, 9.17) is 5.11 Å². The molecule has 1 fully saturated rings. The number of carbonyl (C=O) groups excluding carboxylic acids is 1. The van der Waals surface area contributed by atoms with Crippen molar-refractivity contribution in [1.82, 2.24) is 9.62 Å². The van der Waals surface area contributed by atoms with E-state index in [0.717, 1.165) is 12.0 Å². The number of carboxylic acid groups (broad SMARTS) is 1. The predicted molar refractivity (Wildman–Crippen MR) is 102 cm³/mol. The molecule has 0 aliphatic carbocycles. The van der Waals surface area contributed by atoms with Crippen LogP contribution in [0.1, 0.15) is 38.2 Å². The van der Waals surface area contributed by atoms with Gasteiger partial charge in [-0.1, -0.05) is 31.0 Å². The zero-order valence-electron chi connectivity index (χ0n) is 15.8. The molecule has 1 saturated heterocycles. The van der Waals surface area contributed by atoms with Crippen LogP contribution >= 0.6 is 0 Å². The molecule has 1 aromatic rings. The zero-order valence-corrected chi connectivity index (χ0v) is 16.7. The van der Waals surface area contributed by atoms with Gasteiger partial charge < -0.3 is 10.4 Å². The summed E-state index contributed by atoms with van der Waals surface area (Å²) in [6.45, 7) is 4.49. The average Bonchev–Trinajstić information content (AvgIpc) is 2.65. The van der Waals surface area contributed by atoms with E-state index < -0.39 is 21.9 Å². The highest BCUT2D eigenvalue weighted by Gasteiger charge is 2.32. The molecule has 0 bridgehead atoms. The Morgan fingerprint density at radius 3 is 2.33 bits per heavy atom. The lowest BCUT2D eigenvalue weighted by molar-refractivity contribution is -0.142. The van der Waals surface area contributed by atoms with Crippen LogP contribution in [0, 0.1) is 18.8 Å². The van der Waals surface area contributed by atoms with Gasteiger partial charge in [0.05, 0.1) is 10.8 Å². The smallest absolute Gasteiger partial charge is 0.308 e. The van der Waals surface area contributed by atoms with E-state index in [0.29, 0.717) is 19.3 Å². The lowest BCUT2D eigenvalue weighted by Crippen LogP contribution is -2.44. The van der Waals surface area contributed by atoms with Crippen molar-refractivity contribution < 1.29 is 23.1 Å². The fourth-order valence-electron chi connectivity index (χ4n) is 3.25. The maximum atomic E-state index is 12.7. The Morgan fingerprint density at radius 1 is 1.22 bits per heavy atom. The molecule has 8 heteroatoms. The quantitative estimate of drug-likeness (QED) is 0.700. The number of hydrogen-bond acceptors (Lipinski definition) is 4. The Morgan fingerprint density at radius 2 is 1.81 bits per heavy atom. The third-order valence-electron chi connectivity index (χ3n) is 4.99. The van der Waals surface area contributed by atoms with E-state index in [9.17, 15) is 18.0 Å². The third kappa shape index (κ3) is 5.52. The van der Waals surface area contributed by atoms with E-state index in [-0.39, 0.29) is 36.4 Å². The highest BCUT2D eigenvalue weighted by molar-refractivity contribution is 7.89. The molecule has 1 atom stereocenters. The van der Waals surface area contributed by atoms with Crippen LogP contribution in [0.15, 0.2) is 29.2 Å². The number of carbonyl (C=O) groups is 2. The number of sulfonamides is 1. The molecule has 2 rings (SSSR count). The van der Waals surface area contributed by atoms with Gasteiger partial charge in [-0.25, -0.2) is 8.42 Å². The molecule has 150 valence electrons. The van der Waals surface area contributed by atoms with E-state index >= 15 is 0 Å². The van der Waals surface area contributed by atoms with Gasteiger partial charge in [-0.3, -0.25) is 9.59 Å². The first-order valence-corrected chi connectivity index (χ1v) is 10.8. The van der Waals surface area contributed by atoms with Crippen molar-refractivity contribution >= 4 is 21.9 Å². The fourth-order valence-corrected chi connectivity index (χ4v) is 4.72. The fraction of sp³-hybridized carbons (Fsp3) is 0.579. The Bertz CT molecular complexity index is 753. The molecule has 7 nitrogen and oxygen atoms in total. The molecule has 1 amide bonds. The Labute approximate surface area is 160 Å². The molecule has 0 saturated carbocycles. The highest BCUT2D eigenvalue weighted by atomic mass is 32.2. The summed E-state index contributed by atoms with van der Waals surface area (Å²) in [7, 11) is -3.55. The minimum Gasteiger partial charge on any atom is -0.481 e. The van der Waals surface area contributed by atoms with Crippen molar-refractivity contribution in [3.63, 3.8) is 0 Å². The lowest BCUT2D eigenvalue weighted by Gasteiger charge is -2.30. The first-order chi connectivity index (χ1) is 12.8. The van der Waals surface area contributed by atoms with Crippen LogP contribution in [0.3, 0.4) is 0 Å². The van der Waals surface area contributed by atoms with Gasteiger partial charge in [-0.2, -0.15) is 4.31 Å². The van der Waals surface area contributed by atoms with Crippen LogP contribution in [-0.4, -0.2) is 49.3 Å². The molecule has 0 aromatic heterocycles. The minimum absolute atomic E-state index is 0.115. The Kier molecular flexibility index (Phi) is 7.38. The first-order valence-electron chi connectivity index (χ1n) is 9.33. The number of amides is 1. The summed E-state index contributed by atoms with van der Waals surface area (Å²) in [5, 5.41) is 11.9. The highest BCUT2D eigenvalue weighted by Crippen LogP contribution is 2.24. The van der Waals surface area contributed by atoms with Crippen molar-refractivity contribution in [2.75, 3.05) is 19.6 Å². The van der Waals surface area contributed by atoms with Crippen LogP contribution in [-0.2, 0) is 19.6 Å². The molecule has 0 spiro atoms. The molecule has 1 aliphatic heterocycles. The van der Waals surface area contributed by atoms with Gasteiger partial charge in [-0.05, 0) is 38.3 Å². The molecule has 1 unspecified atom stereocenters. The maximum absolute atomic E-state index is 12.7. The predicted octanol–water partition coefficient (Wildman–Crippen LogP) is 2.01. The van der Waals surface area contributed by atoms with Crippen LogP contribution in [0.2, 0.25) is 0 Å². The normalized spacial score (nSPS) is 17.4. The van der Waals surface area contributed by atoms with Gasteiger partial charge in [0.25, 0.3) is 0 Å². The molecular formula is C19H28N2O5S. The SMILES string of the molecule is CCCC(CNC(=O)C1CCN(S(=O)(=O)c2ccc(C)cc2)CC1)C(=O)O. The molecule has 1 heterocycles. The van der Waals surface area contributed by atoms with Crippen molar-refractivity contribution in [2.24, 2.45) is 11.8 Å². The summed E-state index contributed by atoms with van der Waals surface area (Å²) < 4.78 is 26.8. The zero-order chi connectivity index (χ0) is 20.0. The molecule has 2 N–H and O–H groups in total. The minimum atomic E-state index is -3.55. The van der Waals surface area contributed by atoms with Crippen molar-refractivity contribution in [2.45, 2.75) is 44.4 Å². The number of nitrogens with one attached hydrogen (secondary N) is 1. The van der Waals surface area contributed by atoms with Crippen LogP contribution < -0.4 is 5.32 Å². The summed E-state index contributed by atoms with van der Waals surface area (Å²) in [4.78, 5) is 23.7. The number of benzene rings is 1. The van der Waals surface area contributed by atoms with Gasteiger partial charge in [0.1, 0.15) is 0 Å². The second-order valence-corrected chi connectivity index (χ2v) is 9.00. The Hall–Kier alpha value is -1.93. The summed E-state index contributed by atoms with van der Waals surface area (Å²) in [5.74, 6) is -1.97. The van der Waals surface area contributed by atoms with Crippen LogP contribution in [0.4, 0.5) is 0 Å². The average molecular weight is 397 g/mol. The number of hydrogen-bond donors (Lipinski definition) is 2. The summed E-state index contributed by atoms with van der Waals surface area (Å²) >= 11 is 0. The number of rotatable bonds is 8. The monoisotopic (exact) mass is 396 g/mol. The molecule has 1 aliphatic rings. The van der Waals surface area contributed by atoms with E-state index in [1.807, 2.05) is 13.8 Å². The number of carboxylic acids is 1. The second-order valence-electron chi connectivity index (χ2n) is 7.06. The molecule has 27 heavy (non-hydrogen) atoms. The van der Waals surface area contributed by atoms with E-state index in [2.05, 4.69) is 5.32 Å². The van der Waals surface area contributed by atoms with Gasteiger partial charge in [-0.15, -0.1) is 0 Å². The van der Waals surface area contributed by atoms with Crippen molar-refractivity contribution in [3.05, 3.63) is 29.8 Å². The molecule has 0 radical (unpaired) electrons. The topological polar surface area (TPSA) is 104 Å². The number of aliphatic carboxylic acids is 1. The van der Waals surface area contributed by atoms with Gasteiger partial charge in [0, 0.05) is 25.6 Å². The van der Waals surface area contributed by atoms with Crippen molar-refractivity contribution in [1.29, 1.82) is 0 Å². The summed E-state index contributed by atoms with van der Waals surface area (Å²) in [6.07, 6.45) is 2.12. The number of piperidine rings is 1. The second kappa shape index (κ2) is 9.32. The van der Waals surface area contributed by atoms with Gasteiger partial charge in [0.15, 0.2) is 0 Å². The molecular weight excluding hydrogens is 368 g/mol. The van der Waals surface area contributed by atoms with Crippen LogP contribution in [0.5, 0.6) is 0 Å². The van der Waals surface area contributed by atoms with Gasteiger partial charge >= 0.3 is 5.97 Å². The lowest BCUT2D eigenvalue weighted by atomic mass is 9.96. The van der Waals surface area contributed by atoms with Crippen molar-refractivity contribution in [3.8, 4) is 0 Å². The number of nitrogens with zero attached hydrogens (tertiary/aromatic N) is 1. The standard InChI is InChI=1S/C19H28N2O5S/c1-3-4-16(19(23)24)13-20-18(22)15-9-11-21(12-10-15)27(25,26)17-7-5-14(2)6-8-17/h5-8,15-16H,3-4,9-13H2,1-2H3,(H,20,22)(H,23,24). The number of aryl methyl sites for hydroxylation is 1. The summed E-state index contributed by atoms with van der Waals surface area (Å²) in [6, 6.07) is 6.73. The van der Waals surface area contributed by atoms with E-state index in [1.165, 1.54) is 4.31 Å². The molecule has 1 aromatic carbocycles. The summed E-state index contributed by atoms with van der Waals surface area (Å²) in [5.41, 5.74) is 0.993. The van der Waals surface area contributed by atoms with E-state index in [1.54, 1.807) is 24.3 Å². The van der Waals surface area contributed by atoms with Crippen LogP contribution in [0.25, 0.3) is 0 Å². The largest absolute Gasteiger partial charge is 0.481 e. The van der Waals surface area contributed by atoms with Gasteiger partial charge in [0.2, 0.25) is 15.9 Å². The first kappa shape index (κ1) is 21.4.